The molecule has 0 aliphatic carbocycles. The van der Waals surface area contributed by atoms with Crippen LogP contribution < -0.4 is 0 Å². The molecule has 0 atom stereocenters. The Morgan fingerprint density at radius 3 is 1.61 bits per heavy atom. The van der Waals surface area contributed by atoms with Crippen LogP contribution in [0.2, 0.25) is 0 Å². The molecule has 0 unspecified atom stereocenters. The number of rotatable bonds is 7. The first-order chi connectivity index (χ1) is 34.2. The second-order valence-corrected chi connectivity index (χ2v) is 17.5. The van der Waals surface area contributed by atoms with Gasteiger partial charge < -0.3 is 13.4 Å². The summed E-state index contributed by atoms with van der Waals surface area (Å²) in [6.07, 6.45) is 0. The van der Waals surface area contributed by atoms with Crippen LogP contribution in [-0.2, 0) is 0 Å². The Bertz CT molecular complexity index is 4290. The van der Waals surface area contributed by atoms with Gasteiger partial charge in [0.25, 0.3) is 0 Å². The number of fused-ring (bicyclic) bond motifs is 9. The van der Waals surface area contributed by atoms with Crippen LogP contribution in [0.3, 0.4) is 0 Å². The Balaban J connectivity index is 0.974. The van der Waals surface area contributed by atoms with Crippen molar-refractivity contribution in [2.24, 2.45) is 0 Å². The van der Waals surface area contributed by atoms with Gasteiger partial charge in [0.2, 0.25) is 0 Å². The zero-order valence-corrected chi connectivity index (χ0v) is 37.0. The van der Waals surface area contributed by atoms with Crippen molar-refractivity contribution in [1.82, 2.24) is 19.5 Å². The first-order valence-corrected chi connectivity index (χ1v) is 23.2. The first kappa shape index (κ1) is 38.8. The van der Waals surface area contributed by atoms with Crippen LogP contribution in [0.4, 0.5) is 0 Å². The summed E-state index contributed by atoms with van der Waals surface area (Å²) >= 11 is 0. The maximum absolute atomic E-state index is 7.00. The van der Waals surface area contributed by atoms with Gasteiger partial charge in [0.05, 0.1) is 22.1 Å². The van der Waals surface area contributed by atoms with Crippen LogP contribution >= 0.6 is 0 Å². The highest BCUT2D eigenvalue weighted by Crippen LogP contribution is 2.45. The highest BCUT2D eigenvalue weighted by Gasteiger charge is 2.23. The van der Waals surface area contributed by atoms with Crippen LogP contribution in [-0.4, -0.2) is 19.5 Å². The molecule has 0 aliphatic heterocycles. The number of benzene rings is 10. The summed E-state index contributed by atoms with van der Waals surface area (Å²) < 4.78 is 16.1. The van der Waals surface area contributed by atoms with Crippen LogP contribution in [0.5, 0.6) is 0 Å². The summed E-state index contributed by atoms with van der Waals surface area (Å²) in [6, 6.07) is 80.3. The Labute approximate surface area is 396 Å². The number of para-hydroxylation sites is 3. The third-order valence-electron chi connectivity index (χ3n) is 13.5. The van der Waals surface area contributed by atoms with Crippen molar-refractivity contribution in [3.8, 4) is 73.2 Å². The molecule has 0 fully saturated rings. The first-order valence-electron chi connectivity index (χ1n) is 23.2. The van der Waals surface area contributed by atoms with Crippen molar-refractivity contribution in [3.63, 3.8) is 0 Å². The minimum Gasteiger partial charge on any atom is -0.456 e. The average Bonchev–Trinajstić information content (AvgIpc) is 4.11. The van der Waals surface area contributed by atoms with Gasteiger partial charge in [-0.25, -0.2) is 15.0 Å². The van der Waals surface area contributed by atoms with Gasteiger partial charge in [-0.1, -0.05) is 182 Å². The molecule has 0 N–H and O–H groups in total. The molecule has 14 rings (SSSR count). The fourth-order valence-corrected chi connectivity index (χ4v) is 10.3. The van der Waals surface area contributed by atoms with Crippen molar-refractivity contribution >= 4 is 65.7 Å². The molecule has 4 aromatic heterocycles. The predicted molar refractivity (Wildman–Crippen MR) is 281 cm³/mol. The normalized spacial score (nSPS) is 11.8. The van der Waals surface area contributed by atoms with Gasteiger partial charge in [0.1, 0.15) is 22.3 Å². The van der Waals surface area contributed by atoms with E-state index in [0.29, 0.717) is 17.5 Å². The topological polar surface area (TPSA) is 69.9 Å². The SMILES string of the molecule is c1ccc(-c2ccc(-c3nc(-c4ccccc4)nc(-c4cc(-c5cccc6c5oc5cccc(-n7c8ccccc8c8cc(-c9ccccc9)ccc87)c56)cc5oc6ccccc6c45)n3)cc2)cc1. The number of hydrogen-bond acceptors (Lipinski definition) is 5. The van der Waals surface area contributed by atoms with Gasteiger partial charge in [0, 0.05) is 49.2 Å². The van der Waals surface area contributed by atoms with Crippen molar-refractivity contribution in [2.75, 3.05) is 0 Å². The maximum atomic E-state index is 7.00. The number of hydrogen-bond donors (Lipinski definition) is 0. The van der Waals surface area contributed by atoms with Crippen molar-refractivity contribution < 1.29 is 8.83 Å². The van der Waals surface area contributed by atoms with E-state index in [2.05, 4.69) is 180 Å². The van der Waals surface area contributed by atoms with E-state index in [9.17, 15) is 0 Å². The van der Waals surface area contributed by atoms with Gasteiger partial charge in [-0.2, -0.15) is 0 Å². The lowest BCUT2D eigenvalue weighted by Crippen LogP contribution is -2.00. The van der Waals surface area contributed by atoms with E-state index in [1.54, 1.807) is 0 Å². The van der Waals surface area contributed by atoms with Gasteiger partial charge >= 0.3 is 0 Å². The lowest BCUT2D eigenvalue weighted by Gasteiger charge is -2.12. The lowest BCUT2D eigenvalue weighted by molar-refractivity contribution is 0.668. The van der Waals surface area contributed by atoms with E-state index in [0.717, 1.165) is 99.5 Å². The minimum absolute atomic E-state index is 0.547. The fraction of sp³-hybridized carbons (Fsp3) is 0. The molecule has 322 valence electrons. The largest absolute Gasteiger partial charge is 0.456 e. The van der Waals surface area contributed by atoms with Crippen LogP contribution in [0.15, 0.2) is 239 Å². The summed E-state index contributed by atoms with van der Waals surface area (Å²) in [5.74, 6) is 1.71. The molecule has 4 heterocycles. The van der Waals surface area contributed by atoms with E-state index < -0.39 is 0 Å². The van der Waals surface area contributed by atoms with E-state index >= 15 is 0 Å². The molecular formula is C63H38N4O2. The highest BCUT2D eigenvalue weighted by atomic mass is 16.3. The Morgan fingerprint density at radius 1 is 0.290 bits per heavy atom. The summed E-state index contributed by atoms with van der Waals surface area (Å²) in [5.41, 5.74) is 15.6. The molecule has 0 aliphatic rings. The zero-order chi connectivity index (χ0) is 45.4. The molecular weight excluding hydrogens is 845 g/mol. The van der Waals surface area contributed by atoms with E-state index in [-0.39, 0.29) is 0 Å². The van der Waals surface area contributed by atoms with Crippen LogP contribution in [0, 0.1) is 0 Å². The molecule has 0 radical (unpaired) electrons. The van der Waals surface area contributed by atoms with Crippen molar-refractivity contribution in [2.45, 2.75) is 0 Å². The fourth-order valence-electron chi connectivity index (χ4n) is 10.3. The summed E-state index contributed by atoms with van der Waals surface area (Å²) in [7, 11) is 0. The summed E-state index contributed by atoms with van der Waals surface area (Å²) in [5, 5.41) is 6.38. The van der Waals surface area contributed by atoms with Crippen molar-refractivity contribution in [1.29, 1.82) is 0 Å². The third-order valence-corrected chi connectivity index (χ3v) is 13.5. The van der Waals surface area contributed by atoms with Gasteiger partial charge in [-0.05, 0) is 76.3 Å². The third kappa shape index (κ3) is 6.38. The van der Waals surface area contributed by atoms with Crippen LogP contribution in [0.1, 0.15) is 0 Å². The Kier molecular flexibility index (Phi) is 8.79. The quantitative estimate of drug-likeness (QED) is 0.159. The number of aromatic nitrogens is 4. The lowest BCUT2D eigenvalue weighted by atomic mass is 9.96. The molecule has 0 saturated heterocycles. The van der Waals surface area contributed by atoms with Crippen molar-refractivity contribution in [3.05, 3.63) is 231 Å². The monoisotopic (exact) mass is 882 g/mol. The average molecular weight is 883 g/mol. The van der Waals surface area contributed by atoms with Gasteiger partial charge in [-0.3, -0.25) is 0 Å². The van der Waals surface area contributed by atoms with E-state index in [1.165, 1.54) is 21.9 Å². The molecule has 69 heavy (non-hydrogen) atoms. The Hall–Kier alpha value is -9.39. The molecule has 0 amide bonds. The van der Waals surface area contributed by atoms with E-state index in [1.807, 2.05) is 54.6 Å². The molecule has 0 saturated carbocycles. The highest BCUT2D eigenvalue weighted by molar-refractivity contribution is 6.18. The number of furan rings is 2. The molecule has 14 aromatic rings. The second kappa shape index (κ2) is 15.6. The van der Waals surface area contributed by atoms with E-state index in [4.69, 9.17) is 23.8 Å². The molecule has 0 bridgehead atoms. The molecule has 0 spiro atoms. The summed E-state index contributed by atoms with van der Waals surface area (Å²) in [4.78, 5) is 15.6. The molecule has 6 nitrogen and oxygen atoms in total. The zero-order valence-electron chi connectivity index (χ0n) is 37.0. The predicted octanol–water partition coefficient (Wildman–Crippen LogP) is 16.8. The minimum atomic E-state index is 0.547. The molecule has 6 heteroatoms. The van der Waals surface area contributed by atoms with Gasteiger partial charge in [-0.15, -0.1) is 0 Å². The van der Waals surface area contributed by atoms with Crippen LogP contribution in [0.25, 0.3) is 139 Å². The smallest absolute Gasteiger partial charge is 0.164 e. The summed E-state index contributed by atoms with van der Waals surface area (Å²) in [6.45, 7) is 0. The Morgan fingerprint density at radius 2 is 0.841 bits per heavy atom. The number of nitrogens with zero attached hydrogens (tertiary/aromatic N) is 4. The standard InChI is InChI=1S/C63H38N4O2/c1-4-16-39(17-5-1)41-30-32-43(33-31-41)62-64-61(42-20-8-3-9-21-42)65-63(66-62)51-37-45(38-57-58(51)48-23-11-13-28-55(48)68-57)46-24-14-25-49-59-54(27-15-29-56(59)69-60(46)49)67-52-26-12-10-22-47(52)50-36-44(34-35-53(50)67)40-18-6-2-7-19-40/h1-38H. The second-order valence-electron chi connectivity index (χ2n) is 17.5. The maximum Gasteiger partial charge on any atom is 0.164 e. The molecule has 10 aromatic carbocycles. The van der Waals surface area contributed by atoms with Gasteiger partial charge in [0.15, 0.2) is 17.5 Å².